The molecule has 0 radical (unpaired) electrons. The molecule has 6 nitrogen and oxygen atoms in total. The van der Waals surface area contributed by atoms with Crippen LogP contribution in [0, 0.1) is 5.82 Å². The van der Waals surface area contributed by atoms with Crippen LogP contribution in [-0.4, -0.2) is 33.7 Å². The van der Waals surface area contributed by atoms with E-state index in [1.54, 1.807) is 18.2 Å². The second-order valence-electron chi connectivity index (χ2n) is 8.17. The number of halogens is 1. The Morgan fingerprint density at radius 2 is 1.74 bits per heavy atom. The maximum atomic E-state index is 13.4. The van der Waals surface area contributed by atoms with E-state index in [1.807, 2.05) is 25.1 Å². The van der Waals surface area contributed by atoms with Crippen LogP contribution in [0.5, 0.6) is 5.75 Å². The average Bonchev–Trinajstić information content (AvgIpc) is 2.81. The molecule has 180 valence electrons. The Labute approximate surface area is 200 Å². The normalized spacial score (nSPS) is 12.1. The van der Waals surface area contributed by atoms with E-state index in [0.717, 1.165) is 23.4 Å². The molecular formula is C26H29FN2O4S. The molecule has 1 N–H and O–H groups in total. The second kappa shape index (κ2) is 11.2. The maximum absolute atomic E-state index is 13.4. The van der Waals surface area contributed by atoms with Crippen LogP contribution in [0.25, 0.3) is 0 Å². The number of carbonyl (C=O) groups is 1. The second-order valence-corrected chi connectivity index (χ2v) is 10.1. The van der Waals surface area contributed by atoms with E-state index in [9.17, 15) is 17.6 Å². The van der Waals surface area contributed by atoms with Gasteiger partial charge in [0.1, 0.15) is 11.6 Å². The van der Waals surface area contributed by atoms with Crippen LogP contribution in [-0.2, 0) is 23.0 Å². The van der Waals surface area contributed by atoms with Gasteiger partial charge in [0.15, 0.2) is 0 Å². The lowest BCUT2D eigenvalue weighted by atomic mass is 10.0. The molecular weight excluding hydrogens is 455 g/mol. The number of methoxy groups -OCH3 is 1. The monoisotopic (exact) mass is 484 g/mol. The average molecular weight is 485 g/mol. The van der Waals surface area contributed by atoms with Crippen molar-refractivity contribution in [1.29, 1.82) is 0 Å². The minimum atomic E-state index is -3.69. The number of benzene rings is 3. The fourth-order valence-corrected chi connectivity index (χ4v) is 4.49. The first-order chi connectivity index (χ1) is 16.2. The van der Waals surface area contributed by atoms with E-state index in [-0.39, 0.29) is 18.5 Å². The topological polar surface area (TPSA) is 75.7 Å². The van der Waals surface area contributed by atoms with E-state index in [1.165, 1.54) is 36.9 Å². The van der Waals surface area contributed by atoms with Crippen molar-refractivity contribution in [3.63, 3.8) is 0 Å². The third kappa shape index (κ3) is 6.81. The molecule has 0 aromatic heterocycles. The van der Waals surface area contributed by atoms with Crippen LogP contribution in [0.15, 0.2) is 72.8 Å². The Kier molecular flexibility index (Phi) is 8.28. The molecule has 34 heavy (non-hydrogen) atoms. The summed E-state index contributed by atoms with van der Waals surface area (Å²) in [6, 6.07) is 20.1. The summed E-state index contributed by atoms with van der Waals surface area (Å²) in [5.74, 6) is -0.267. The molecule has 8 heteroatoms. The van der Waals surface area contributed by atoms with Gasteiger partial charge in [0.05, 0.1) is 25.6 Å². The molecule has 0 fully saturated rings. The highest BCUT2D eigenvalue weighted by atomic mass is 32.2. The summed E-state index contributed by atoms with van der Waals surface area (Å²) in [7, 11) is -2.21. The fraction of sp³-hybridized carbons (Fsp3) is 0.269. The number of hydrogen-bond acceptors (Lipinski definition) is 4. The fourth-order valence-electron chi connectivity index (χ4n) is 3.61. The number of ether oxygens (including phenoxy) is 1. The van der Waals surface area contributed by atoms with Crippen molar-refractivity contribution >= 4 is 21.6 Å². The lowest BCUT2D eigenvalue weighted by molar-refractivity contribution is 0.0938. The molecule has 0 bridgehead atoms. The van der Waals surface area contributed by atoms with Crippen LogP contribution < -0.4 is 14.4 Å². The highest BCUT2D eigenvalue weighted by Gasteiger charge is 2.21. The van der Waals surface area contributed by atoms with Gasteiger partial charge in [-0.2, -0.15) is 0 Å². The van der Waals surface area contributed by atoms with Crippen molar-refractivity contribution < 1.29 is 22.3 Å². The summed E-state index contributed by atoms with van der Waals surface area (Å²) in [6.45, 7) is 1.88. The smallest absolute Gasteiger partial charge is 0.251 e. The lowest BCUT2D eigenvalue weighted by Gasteiger charge is -2.24. The molecule has 0 aliphatic heterocycles. The van der Waals surface area contributed by atoms with Crippen LogP contribution in [0.2, 0.25) is 0 Å². The number of rotatable bonds is 10. The molecule has 3 aromatic rings. The zero-order valence-corrected chi connectivity index (χ0v) is 20.3. The minimum absolute atomic E-state index is 0.0509. The Hall–Kier alpha value is -3.39. The van der Waals surface area contributed by atoms with Crippen LogP contribution >= 0.6 is 0 Å². The number of amides is 1. The molecule has 0 spiro atoms. The predicted molar refractivity (Wildman–Crippen MR) is 132 cm³/mol. The molecule has 1 unspecified atom stereocenters. The number of nitrogens with one attached hydrogen (secondary N) is 1. The third-order valence-corrected chi connectivity index (χ3v) is 6.60. The molecule has 0 aliphatic rings. The summed E-state index contributed by atoms with van der Waals surface area (Å²) >= 11 is 0. The zero-order valence-electron chi connectivity index (χ0n) is 19.5. The summed E-state index contributed by atoms with van der Waals surface area (Å²) in [4.78, 5) is 12.9. The van der Waals surface area contributed by atoms with Crippen molar-refractivity contribution in [3.8, 4) is 5.75 Å². The van der Waals surface area contributed by atoms with E-state index >= 15 is 0 Å². The number of carbonyl (C=O) groups excluding carboxylic acids is 1. The quantitative estimate of drug-likeness (QED) is 0.458. The van der Waals surface area contributed by atoms with Gasteiger partial charge in [-0.3, -0.25) is 9.10 Å². The zero-order chi connectivity index (χ0) is 24.7. The lowest BCUT2D eigenvalue weighted by Crippen LogP contribution is -2.33. The van der Waals surface area contributed by atoms with Crippen molar-refractivity contribution in [2.45, 2.75) is 32.4 Å². The van der Waals surface area contributed by atoms with E-state index in [4.69, 9.17) is 4.74 Å². The summed E-state index contributed by atoms with van der Waals surface area (Å²) in [6.07, 6.45) is 2.70. The van der Waals surface area contributed by atoms with Gasteiger partial charge in [-0.05, 0) is 67.8 Å². The van der Waals surface area contributed by atoms with Gasteiger partial charge in [0.25, 0.3) is 5.91 Å². The van der Waals surface area contributed by atoms with E-state index in [2.05, 4.69) is 17.4 Å². The highest BCUT2D eigenvalue weighted by Crippen LogP contribution is 2.27. The van der Waals surface area contributed by atoms with Crippen LogP contribution in [0.1, 0.15) is 34.8 Å². The Bertz CT molecular complexity index is 1220. The van der Waals surface area contributed by atoms with Gasteiger partial charge in [0, 0.05) is 17.2 Å². The number of nitrogens with zero attached hydrogens (tertiary/aromatic N) is 1. The SMILES string of the molecule is COc1ccc(C(=O)NC(C)CCc2ccccc2)cc1CN(c1ccc(F)cc1)S(C)(=O)=O. The van der Waals surface area contributed by atoms with Crippen molar-refractivity contribution in [2.24, 2.45) is 0 Å². The van der Waals surface area contributed by atoms with Gasteiger partial charge >= 0.3 is 0 Å². The molecule has 0 aliphatic carbocycles. The first kappa shape index (κ1) is 25.2. The third-order valence-electron chi connectivity index (χ3n) is 5.46. The number of sulfonamides is 1. The number of anilines is 1. The Morgan fingerprint density at radius 3 is 2.35 bits per heavy atom. The number of hydrogen-bond donors (Lipinski definition) is 1. The standard InChI is InChI=1S/C26H29FN2O4S/c1-19(9-10-20-7-5-4-6-8-20)28-26(30)21-11-16-25(33-2)22(17-21)18-29(34(3,31)32)24-14-12-23(27)13-15-24/h4-8,11-17,19H,9-10,18H2,1-3H3,(H,28,30). The molecule has 3 rings (SSSR count). The van der Waals surface area contributed by atoms with Gasteiger partial charge in [0.2, 0.25) is 10.0 Å². The van der Waals surface area contributed by atoms with Crippen LogP contribution in [0.3, 0.4) is 0 Å². The van der Waals surface area contributed by atoms with Gasteiger partial charge in [-0.1, -0.05) is 30.3 Å². The van der Waals surface area contributed by atoms with Crippen molar-refractivity contribution in [1.82, 2.24) is 5.32 Å². The van der Waals surface area contributed by atoms with E-state index < -0.39 is 15.8 Å². The molecule has 0 saturated heterocycles. The molecule has 1 atom stereocenters. The van der Waals surface area contributed by atoms with E-state index in [0.29, 0.717) is 22.6 Å². The molecule has 0 saturated carbocycles. The summed E-state index contributed by atoms with van der Waals surface area (Å²) in [5, 5.41) is 3.00. The predicted octanol–water partition coefficient (Wildman–Crippen LogP) is 4.55. The van der Waals surface area contributed by atoms with Crippen molar-refractivity contribution in [2.75, 3.05) is 17.7 Å². The minimum Gasteiger partial charge on any atom is -0.496 e. The Morgan fingerprint density at radius 1 is 1.06 bits per heavy atom. The highest BCUT2D eigenvalue weighted by molar-refractivity contribution is 7.92. The maximum Gasteiger partial charge on any atom is 0.251 e. The molecule has 3 aromatic carbocycles. The molecule has 0 heterocycles. The van der Waals surface area contributed by atoms with Gasteiger partial charge in [-0.25, -0.2) is 12.8 Å². The molecule has 1 amide bonds. The summed E-state index contributed by atoms with van der Waals surface area (Å²) in [5.41, 5.74) is 2.43. The largest absolute Gasteiger partial charge is 0.496 e. The first-order valence-corrected chi connectivity index (χ1v) is 12.8. The summed E-state index contributed by atoms with van der Waals surface area (Å²) < 4.78 is 44.9. The number of aryl methyl sites for hydroxylation is 1. The Balaban J connectivity index is 1.77. The van der Waals surface area contributed by atoms with Gasteiger partial charge in [-0.15, -0.1) is 0 Å². The first-order valence-electron chi connectivity index (χ1n) is 10.9. The van der Waals surface area contributed by atoms with Crippen molar-refractivity contribution in [3.05, 3.63) is 95.3 Å². The van der Waals surface area contributed by atoms with Gasteiger partial charge < -0.3 is 10.1 Å². The van der Waals surface area contributed by atoms with Crippen LogP contribution in [0.4, 0.5) is 10.1 Å².